The Morgan fingerprint density at radius 2 is 2.21 bits per heavy atom. The van der Waals surface area contributed by atoms with Crippen molar-refractivity contribution in [1.82, 2.24) is 0 Å². The molecule has 19 heavy (non-hydrogen) atoms. The molecule has 97 valence electrons. The van der Waals surface area contributed by atoms with Crippen molar-refractivity contribution in [2.24, 2.45) is 5.73 Å². The van der Waals surface area contributed by atoms with E-state index in [9.17, 15) is 4.79 Å². The third-order valence-electron chi connectivity index (χ3n) is 2.72. The van der Waals surface area contributed by atoms with Gasteiger partial charge in [-0.3, -0.25) is 4.79 Å². The van der Waals surface area contributed by atoms with Gasteiger partial charge in [0.25, 0.3) is 0 Å². The van der Waals surface area contributed by atoms with Crippen LogP contribution in [-0.2, 0) is 13.2 Å². The van der Waals surface area contributed by atoms with Gasteiger partial charge in [-0.25, -0.2) is 0 Å². The predicted molar refractivity (Wildman–Crippen MR) is 74.3 cm³/mol. The molecular formula is C15H13ClNO2. The summed E-state index contributed by atoms with van der Waals surface area (Å²) in [7, 11) is 0. The number of carbonyl (C=O) groups excluding carboxylic acids is 1. The van der Waals surface area contributed by atoms with Crippen LogP contribution >= 0.6 is 11.6 Å². The second-order valence-electron chi connectivity index (χ2n) is 3.97. The number of carbonyl (C=O) groups is 1. The molecule has 0 heterocycles. The monoisotopic (exact) mass is 274 g/mol. The number of ether oxygens (including phenoxy) is 1. The average Bonchev–Trinajstić information content (AvgIpc) is 2.46. The number of benzene rings is 2. The van der Waals surface area contributed by atoms with Gasteiger partial charge in [-0.15, -0.1) is 0 Å². The van der Waals surface area contributed by atoms with Gasteiger partial charge in [0.05, 0.1) is 5.02 Å². The second-order valence-corrected chi connectivity index (χ2v) is 4.38. The molecule has 3 nitrogen and oxygen atoms in total. The van der Waals surface area contributed by atoms with Crippen molar-refractivity contribution in [2.75, 3.05) is 0 Å². The Morgan fingerprint density at radius 1 is 1.37 bits per heavy atom. The highest BCUT2D eigenvalue weighted by molar-refractivity contribution is 6.32. The van der Waals surface area contributed by atoms with Crippen molar-refractivity contribution in [3.8, 4) is 5.75 Å². The Kier molecular flexibility index (Phi) is 4.55. The number of aldehydes is 1. The standard InChI is InChI=1S/C15H13ClNO2/c16-14-7-11(9-18)5-6-15(14)19-10-13-4-2-1-3-12(13)8-17/h1-2,4-7,9H,8,10,17H2. The molecule has 0 aromatic heterocycles. The molecule has 2 aromatic rings. The molecule has 2 N–H and O–H groups in total. The number of hydrogen-bond acceptors (Lipinski definition) is 3. The highest BCUT2D eigenvalue weighted by Crippen LogP contribution is 2.26. The molecule has 2 aromatic carbocycles. The number of hydrogen-bond donors (Lipinski definition) is 1. The van der Waals surface area contributed by atoms with E-state index in [4.69, 9.17) is 22.1 Å². The fourth-order valence-corrected chi connectivity index (χ4v) is 1.94. The van der Waals surface area contributed by atoms with Crippen molar-refractivity contribution in [2.45, 2.75) is 13.2 Å². The summed E-state index contributed by atoms with van der Waals surface area (Å²) in [6, 6.07) is 13.6. The highest BCUT2D eigenvalue weighted by atomic mass is 35.5. The molecule has 0 saturated heterocycles. The summed E-state index contributed by atoms with van der Waals surface area (Å²) < 4.78 is 5.64. The summed E-state index contributed by atoms with van der Waals surface area (Å²) >= 11 is 6.03. The lowest BCUT2D eigenvalue weighted by Gasteiger charge is -2.11. The molecule has 0 bridgehead atoms. The van der Waals surface area contributed by atoms with E-state index in [0.29, 0.717) is 29.5 Å². The van der Waals surface area contributed by atoms with Gasteiger partial charge in [0.1, 0.15) is 18.6 Å². The number of nitrogens with two attached hydrogens (primary N) is 1. The van der Waals surface area contributed by atoms with E-state index in [2.05, 4.69) is 6.07 Å². The summed E-state index contributed by atoms with van der Waals surface area (Å²) in [5, 5.41) is 0.416. The molecule has 0 amide bonds. The molecule has 1 radical (unpaired) electrons. The molecule has 0 atom stereocenters. The first-order valence-electron chi connectivity index (χ1n) is 5.80. The summed E-state index contributed by atoms with van der Waals surface area (Å²) in [4.78, 5) is 10.6. The van der Waals surface area contributed by atoms with Crippen molar-refractivity contribution in [1.29, 1.82) is 0 Å². The SMILES string of the molecule is NCc1[c]cccc1COc1ccc(C=O)cc1Cl. The van der Waals surface area contributed by atoms with Gasteiger partial charge in [-0.1, -0.05) is 29.8 Å². The van der Waals surface area contributed by atoms with Crippen LogP contribution in [0, 0.1) is 6.07 Å². The molecule has 0 spiro atoms. The lowest BCUT2D eigenvalue weighted by Crippen LogP contribution is -2.05. The molecule has 0 aliphatic carbocycles. The van der Waals surface area contributed by atoms with Crippen LogP contribution in [0.2, 0.25) is 5.02 Å². The lowest BCUT2D eigenvalue weighted by atomic mass is 10.1. The van der Waals surface area contributed by atoms with Crippen molar-refractivity contribution < 1.29 is 9.53 Å². The van der Waals surface area contributed by atoms with Crippen molar-refractivity contribution in [3.05, 3.63) is 64.2 Å². The maximum Gasteiger partial charge on any atom is 0.150 e. The van der Waals surface area contributed by atoms with Crippen molar-refractivity contribution >= 4 is 17.9 Å². The Hall–Kier alpha value is -1.84. The Balaban J connectivity index is 2.12. The summed E-state index contributed by atoms with van der Waals surface area (Å²) in [6.45, 7) is 0.779. The quantitative estimate of drug-likeness (QED) is 0.853. The number of halogens is 1. The van der Waals surface area contributed by atoms with E-state index < -0.39 is 0 Å². The minimum atomic E-state index is 0.365. The van der Waals surface area contributed by atoms with Crippen LogP contribution in [0.4, 0.5) is 0 Å². The van der Waals surface area contributed by atoms with Crippen LogP contribution in [0.3, 0.4) is 0 Å². The highest BCUT2D eigenvalue weighted by Gasteiger charge is 2.05. The third kappa shape index (κ3) is 3.34. The Labute approximate surface area is 117 Å². The largest absolute Gasteiger partial charge is 0.487 e. The first kappa shape index (κ1) is 13.6. The second kappa shape index (κ2) is 6.36. The first-order valence-corrected chi connectivity index (χ1v) is 6.18. The molecule has 4 heteroatoms. The van der Waals surface area contributed by atoms with Gasteiger partial charge in [-0.05, 0) is 35.4 Å². The topological polar surface area (TPSA) is 52.3 Å². The Bertz CT molecular complexity index is 584. The smallest absolute Gasteiger partial charge is 0.150 e. The third-order valence-corrected chi connectivity index (χ3v) is 3.01. The van der Waals surface area contributed by atoms with Crippen LogP contribution in [-0.4, -0.2) is 6.29 Å². The van der Waals surface area contributed by atoms with E-state index in [-0.39, 0.29) is 0 Å². The van der Waals surface area contributed by atoms with E-state index in [1.165, 1.54) is 0 Å². The fourth-order valence-electron chi connectivity index (χ4n) is 1.69. The molecule has 0 fully saturated rings. The van der Waals surface area contributed by atoms with Crippen LogP contribution < -0.4 is 10.5 Å². The van der Waals surface area contributed by atoms with Crippen LogP contribution in [0.15, 0.2) is 36.4 Å². The summed E-state index contributed by atoms with van der Waals surface area (Å²) in [5.41, 5.74) is 8.05. The van der Waals surface area contributed by atoms with Gasteiger partial charge in [0.2, 0.25) is 0 Å². The van der Waals surface area contributed by atoms with Crippen molar-refractivity contribution in [3.63, 3.8) is 0 Å². The van der Waals surface area contributed by atoms with Gasteiger partial charge >= 0.3 is 0 Å². The van der Waals surface area contributed by atoms with Gasteiger partial charge in [0, 0.05) is 12.1 Å². The van der Waals surface area contributed by atoms with Gasteiger partial charge in [0.15, 0.2) is 0 Å². The van der Waals surface area contributed by atoms with E-state index in [1.807, 2.05) is 18.2 Å². The zero-order chi connectivity index (χ0) is 13.7. The molecule has 0 unspecified atom stereocenters. The maximum absolute atomic E-state index is 10.6. The van der Waals surface area contributed by atoms with Crippen LogP contribution in [0.5, 0.6) is 5.75 Å². The first-order chi connectivity index (χ1) is 9.24. The molecule has 0 saturated carbocycles. The zero-order valence-electron chi connectivity index (χ0n) is 10.2. The molecule has 2 rings (SSSR count). The minimum Gasteiger partial charge on any atom is -0.487 e. The average molecular weight is 275 g/mol. The molecule has 0 aliphatic heterocycles. The number of rotatable bonds is 5. The van der Waals surface area contributed by atoms with Gasteiger partial charge in [-0.2, -0.15) is 0 Å². The van der Waals surface area contributed by atoms with Crippen LogP contribution in [0.1, 0.15) is 21.5 Å². The maximum atomic E-state index is 10.6. The summed E-state index contributed by atoms with van der Waals surface area (Å²) in [6.07, 6.45) is 0.744. The normalized spacial score (nSPS) is 10.2. The predicted octanol–water partition coefficient (Wildman–Crippen LogP) is 2.99. The summed E-state index contributed by atoms with van der Waals surface area (Å²) in [5.74, 6) is 0.541. The van der Waals surface area contributed by atoms with Gasteiger partial charge < -0.3 is 10.5 Å². The zero-order valence-corrected chi connectivity index (χ0v) is 11.0. The van der Waals surface area contributed by atoms with E-state index in [0.717, 1.165) is 17.4 Å². The molecule has 0 aliphatic rings. The Morgan fingerprint density at radius 3 is 2.89 bits per heavy atom. The van der Waals surface area contributed by atoms with E-state index >= 15 is 0 Å². The van der Waals surface area contributed by atoms with E-state index in [1.54, 1.807) is 18.2 Å². The fraction of sp³-hybridized carbons (Fsp3) is 0.133. The lowest BCUT2D eigenvalue weighted by molar-refractivity contribution is 0.112. The van der Waals surface area contributed by atoms with Crippen LogP contribution in [0.25, 0.3) is 0 Å². The molecular weight excluding hydrogens is 262 g/mol. The minimum absolute atomic E-state index is 0.365.